The first-order valence-electron chi connectivity index (χ1n) is 23.3. The third-order valence-corrected chi connectivity index (χ3v) is 12.1. The largest absolute Gasteiger partial charge is 0.444 e. The van der Waals surface area contributed by atoms with Crippen LogP contribution in [-0.4, -0.2) is 92.7 Å². The van der Waals surface area contributed by atoms with E-state index in [1.54, 1.807) is 23.4 Å². The first-order chi connectivity index (χ1) is 31.9. The maximum Gasteiger partial charge on any atom is 0.410 e. The number of likely N-dealkylation sites (tertiary alicyclic amines) is 1. The molecule has 2 aliphatic rings. The molecule has 15 nitrogen and oxygen atoms in total. The second-order valence-electron chi connectivity index (χ2n) is 19.9. The number of pyridine rings is 1. The average molecular weight is 913 g/mol. The van der Waals surface area contributed by atoms with Crippen LogP contribution in [0.4, 0.5) is 15.3 Å². The number of carbonyl (C=O) groups is 5. The van der Waals surface area contributed by atoms with E-state index >= 15 is 0 Å². The number of aromatic amines is 1. The standard InChI is InChI=1S/C52H64N8O7/c1-32-27-37(47(62)55-39-22-25-60(26-23-39)50(65)67-52(5,6)7)18-20-41(32)35-14-10-33(11-15-35)28-44(59-46(61)36-16-12-34(13-17-36)30-54-49(64)66-51(2,3)4)48(63)56-40-19-21-42-43(29-40)58-45(57-42)38-9-8-24-53-31-38/h8-11,14-15,18-21,24,27,29,31,34,36,39,44H,12-13,16-17,22-23,25-26,28,30H2,1-7H3,(H,54,64)(H,55,62)(H,56,63)(H,57,58)(H,59,61). The van der Waals surface area contributed by atoms with Crippen molar-refractivity contribution < 1.29 is 33.4 Å². The lowest BCUT2D eigenvalue weighted by Gasteiger charge is -2.33. The van der Waals surface area contributed by atoms with Crippen LogP contribution in [0.1, 0.15) is 102 Å². The number of H-pyrrole nitrogens is 1. The van der Waals surface area contributed by atoms with Gasteiger partial charge in [0.1, 0.15) is 23.1 Å². The third-order valence-electron chi connectivity index (χ3n) is 12.1. The molecule has 67 heavy (non-hydrogen) atoms. The molecule has 7 rings (SSSR count). The molecule has 1 aliphatic heterocycles. The number of carbonyl (C=O) groups excluding carboxylic acids is 5. The molecule has 1 unspecified atom stereocenters. The highest BCUT2D eigenvalue weighted by atomic mass is 16.6. The van der Waals surface area contributed by atoms with Gasteiger partial charge in [-0.3, -0.25) is 19.4 Å². The predicted molar refractivity (Wildman–Crippen MR) is 258 cm³/mol. The summed E-state index contributed by atoms with van der Waals surface area (Å²) in [6, 6.07) is 21.9. The molecule has 0 radical (unpaired) electrons. The van der Waals surface area contributed by atoms with Crippen molar-refractivity contribution in [3.05, 3.63) is 102 Å². The van der Waals surface area contributed by atoms with Crippen molar-refractivity contribution in [2.75, 3.05) is 25.0 Å². The minimum Gasteiger partial charge on any atom is -0.444 e. The van der Waals surface area contributed by atoms with E-state index in [0.717, 1.165) is 51.7 Å². The lowest BCUT2D eigenvalue weighted by atomic mass is 9.81. The summed E-state index contributed by atoms with van der Waals surface area (Å²) in [5.41, 5.74) is 6.00. The molecule has 2 fully saturated rings. The number of aryl methyl sites for hydroxylation is 1. The Hall–Kier alpha value is -6.77. The quantitative estimate of drug-likeness (QED) is 0.0813. The van der Waals surface area contributed by atoms with Crippen molar-refractivity contribution >= 4 is 46.6 Å². The first kappa shape index (κ1) is 48.2. The van der Waals surface area contributed by atoms with Gasteiger partial charge >= 0.3 is 12.2 Å². The highest BCUT2D eigenvalue weighted by Gasteiger charge is 2.31. The average Bonchev–Trinajstić information content (AvgIpc) is 3.72. The minimum absolute atomic E-state index is 0.0460. The molecule has 5 aromatic rings. The lowest BCUT2D eigenvalue weighted by Crippen LogP contribution is -2.48. The van der Waals surface area contributed by atoms with Crippen LogP contribution < -0.4 is 21.3 Å². The zero-order chi connectivity index (χ0) is 47.9. The number of hydrogen-bond donors (Lipinski definition) is 5. The Bertz CT molecular complexity index is 2550. The Morgan fingerprint density at radius 2 is 1.54 bits per heavy atom. The second-order valence-corrected chi connectivity index (χ2v) is 19.9. The maximum absolute atomic E-state index is 14.2. The molecule has 1 saturated heterocycles. The summed E-state index contributed by atoms with van der Waals surface area (Å²) < 4.78 is 10.9. The molecule has 2 aromatic heterocycles. The van der Waals surface area contributed by atoms with Gasteiger partial charge in [0.15, 0.2) is 0 Å². The number of imidazole rings is 1. The Morgan fingerprint density at radius 1 is 0.821 bits per heavy atom. The van der Waals surface area contributed by atoms with Gasteiger partial charge in [-0.25, -0.2) is 14.6 Å². The minimum atomic E-state index is -0.877. The van der Waals surface area contributed by atoms with E-state index in [-0.39, 0.29) is 48.1 Å². The van der Waals surface area contributed by atoms with Crippen molar-refractivity contribution in [1.29, 1.82) is 0 Å². The molecule has 0 spiro atoms. The summed E-state index contributed by atoms with van der Waals surface area (Å²) in [6.07, 6.45) is 7.00. The monoisotopic (exact) mass is 912 g/mol. The van der Waals surface area contributed by atoms with Crippen molar-refractivity contribution in [2.45, 2.75) is 117 Å². The van der Waals surface area contributed by atoms with Gasteiger partial charge in [0.25, 0.3) is 5.91 Å². The van der Waals surface area contributed by atoms with E-state index in [1.807, 2.05) is 115 Å². The van der Waals surface area contributed by atoms with Gasteiger partial charge < -0.3 is 40.6 Å². The number of alkyl carbamates (subject to hydrolysis) is 1. The molecule has 3 aromatic carbocycles. The molecule has 1 atom stereocenters. The topological polar surface area (TPSA) is 197 Å². The van der Waals surface area contributed by atoms with E-state index in [4.69, 9.17) is 9.47 Å². The zero-order valence-corrected chi connectivity index (χ0v) is 39.7. The third kappa shape index (κ3) is 13.4. The number of aromatic nitrogens is 3. The molecule has 1 aliphatic carbocycles. The van der Waals surface area contributed by atoms with Crippen LogP contribution in [0, 0.1) is 18.8 Å². The summed E-state index contributed by atoms with van der Waals surface area (Å²) in [5.74, 6) is -0.0622. The van der Waals surface area contributed by atoms with Crippen LogP contribution in [0.25, 0.3) is 33.5 Å². The Balaban J connectivity index is 0.996. The van der Waals surface area contributed by atoms with E-state index < -0.39 is 23.3 Å². The lowest BCUT2D eigenvalue weighted by molar-refractivity contribution is -0.130. The van der Waals surface area contributed by atoms with Crippen molar-refractivity contribution in [1.82, 2.24) is 35.8 Å². The van der Waals surface area contributed by atoms with E-state index in [1.165, 1.54) is 0 Å². The molecular weight excluding hydrogens is 849 g/mol. The molecule has 354 valence electrons. The van der Waals surface area contributed by atoms with Crippen molar-refractivity contribution in [3.63, 3.8) is 0 Å². The van der Waals surface area contributed by atoms with Crippen LogP contribution in [0.5, 0.6) is 0 Å². The first-order valence-corrected chi connectivity index (χ1v) is 23.3. The number of hydrogen-bond acceptors (Lipinski definition) is 9. The molecular formula is C52H64N8O7. The summed E-state index contributed by atoms with van der Waals surface area (Å²) in [6.45, 7) is 14.5. The molecule has 5 N–H and O–H groups in total. The van der Waals surface area contributed by atoms with Crippen LogP contribution >= 0.6 is 0 Å². The van der Waals surface area contributed by atoms with Crippen molar-refractivity contribution in [3.8, 4) is 22.5 Å². The van der Waals surface area contributed by atoms with E-state index in [0.29, 0.717) is 62.4 Å². The fraction of sp³-hybridized carbons (Fsp3) is 0.442. The summed E-state index contributed by atoms with van der Waals surface area (Å²) in [5, 5.41) is 12.1. The summed E-state index contributed by atoms with van der Waals surface area (Å²) in [4.78, 5) is 80.0. The van der Waals surface area contributed by atoms with Crippen LogP contribution in [0.15, 0.2) is 85.2 Å². The van der Waals surface area contributed by atoms with Gasteiger partial charge in [-0.15, -0.1) is 0 Å². The normalized spacial score (nSPS) is 17.3. The number of nitrogens with zero attached hydrogens (tertiary/aromatic N) is 3. The van der Waals surface area contributed by atoms with Gasteiger partial charge in [0.05, 0.1) is 11.0 Å². The zero-order valence-electron chi connectivity index (χ0n) is 39.7. The van der Waals surface area contributed by atoms with Gasteiger partial charge in [-0.05, 0) is 158 Å². The number of anilines is 1. The number of piperidine rings is 1. The Labute approximate surface area is 392 Å². The van der Waals surface area contributed by atoms with Crippen LogP contribution in [-0.2, 0) is 25.5 Å². The highest BCUT2D eigenvalue weighted by molar-refractivity contribution is 5.99. The number of nitrogens with one attached hydrogen (secondary N) is 5. The Morgan fingerprint density at radius 3 is 2.19 bits per heavy atom. The Kier molecular flexibility index (Phi) is 15.0. The predicted octanol–water partition coefficient (Wildman–Crippen LogP) is 8.73. The van der Waals surface area contributed by atoms with E-state index in [9.17, 15) is 24.0 Å². The molecule has 15 heteroatoms. The van der Waals surface area contributed by atoms with Gasteiger partial charge in [-0.1, -0.05) is 30.3 Å². The maximum atomic E-state index is 14.2. The number of rotatable bonds is 12. The fourth-order valence-electron chi connectivity index (χ4n) is 8.61. The van der Waals surface area contributed by atoms with Gasteiger partial charge in [-0.2, -0.15) is 0 Å². The second kappa shape index (κ2) is 20.8. The summed E-state index contributed by atoms with van der Waals surface area (Å²) >= 11 is 0. The highest BCUT2D eigenvalue weighted by Crippen LogP contribution is 2.30. The number of fused-ring (bicyclic) bond motifs is 1. The van der Waals surface area contributed by atoms with Crippen LogP contribution in [0.3, 0.4) is 0 Å². The van der Waals surface area contributed by atoms with E-state index in [2.05, 4.69) is 36.2 Å². The van der Waals surface area contributed by atoms with Gasteiger partial charge in [0, 0.05) is 67.2 Å². The molecule has 5 amide bonds. The molecule has 0 bridgehead atoms. The molecule has 1 saturated carbocycles. The number of ether oxygens (including phenoxy) is 2. The summed E-state index contributed by atoms with van der Waals surface area (Å²) in [7, 11) is 0. The smallest absolute Gasteiger partial charge is 0.410 e. The fourth-order valence-corrected chi connectivity index (χ4v) is 8.61. The molecule has 3 heterocycles. The van der Waals surface area contributed by atoms with Gasteiger partial charge in [0.2, 0.25) is 11.8 Å². The number of amides is 5. The number of benzene rings is 3. The van der Waals surface area contributed by atoms with Crippen LogP contribution in [0.2, 0.25) is 0 Å². The SMILES string of the molecule is Cc1cc(C(=O)NC2CCN(C(=O)OC(C)(C)C)CC2)ccc1-c1ccc(CC(NC(=O)C2CCC(CNC(=O)OC(C)(C)C)CC2)C(=O)Nc2ccc3nc(-c4cccnc4)[nH]c3c2)cc1. The van der Waals surface area contributed by atoms with Crippen molar-refractivity contribution in [2.24, 2.45) is 11.8 Å².